The van der Waals surface area contributed by atoms with Crippen molar-refractivity contribution >= 4 is 23.2 Å². The molecule has 1 heterocycles. The van der Waals surface area contributed by atoms with Gasteiger partial charge in [0.15, 0.2) is 6.61 Å². The van der Waals surface area contributed by atoms with Crippen LogP contribution in [0.5, 0.6) is 5.75 Å². The van der Waals surface area contributed by atoms with Gasteiger partial charge in [0, 0.05) is 7.05 Å². The molecule has 3 aromatic carbocycles. The van der Waals surface area contributed by atoms with Crippen molar-refractivity contribution in [3.63, 3.8) is 0 Å². The fraction of sp³-hybridized carbons (Fsp3) is 0.222. The molecule has 0 atom stereocenters. The minimum Gasteiger partial charge on any atom is -0.482 e. The summed E-state index contributed by atoms with van der Waals surface area (Å²) in [6, 6.07) is 19.6. The van der Waals surface area contributed by atoms with Crippen LogP contribution in [0.2, 0.25) is 0 Å². The molecule has 0 bridgehead atoms. The molecule has 1 amide bonds. The van der Waals surface area contributed by atoms with Gasteiger partial charge in [-0.25, -0.2) is 0 Å². The van der Waals surface area contributed by atoms with Crippen LogP contribution in [0.25, 0.3) is 11.6 Å². The first kappa shape index (κ1) is 17.5. The number of carbonyl (C=O) groups excluding carboxylic acids is 1. The maximum absolute atomic E-state index is 12.0. The summed E-state index contributed by atoms with van der Waals surface area (Å²) in [5.74, 6) is 0.775. The van der Waals surface area contributed by atoms with Gasteiger partial charge in [0.25, 0.3) is 5.91 Å². The third-order valence-corrected chi connectivity index (χ3v) is 6.75. The molecule has 0 saturated heterocycles. The summed E-state index contributed by atoms with van der Waals surface area (Å²) in [6.45, 7) is 0.102. The Bertz CT molecular complexity index is 1430. The largest absolute Gasteiger partial charge is 0.482 e. The Morgan fingerprint density at radius 3 is 2.70 bits per heavy atom. The monoisotopic (exact) mass is 393 g/mol. The molecule has 0 unspecified atom stereocenters. The average Bonchev–Trinajstić information content (AvgIpc) is 2.80. The lowest BCUT2D eigenvalue weighted by atomic mass is 9.84. The molecule has 0 spiro atoms. The molecule has 6 rings (SSSR count). The van der Waals surface area contributed by atoms with Crippen LogP contribution in [-0.2, 0) is 17.6 Å². The van der Waals surface area contributed by atoms with E-state index in [1.54, 1.807) is 4.90 Å². The van der Waals surface area contributed by atoms with Crippen molar-refractivity contribution in [1.29, 1.82) is 0 Å². The minimum absolute atomic E-state index is 0.0114. The van der Waals surface area contributed by atoms with E-state index in [-0.39, 0.29) is 12.5 Å². The molecule has 3 aliphatic rings. The first-order chi connectivity index (χ1) is 14.7. The lowest BCUT2D eigenvalue weighted by Crippen LogP contribution is -2.35. The van der Waals surface area contributed by atoms with E-state index in [1.165, 1.54) is 56.0 Å². The van der Waals surface area contributed by atoms with E-state index in [0.29, 0.717) is 0 Å². The number of hydrogen-bond acceptors (Lipinski definition) is 2. The van der Waals surface area contributed by atoms with Gasteiger partial charge in [-0.1, -0.05) is 48.5 Å². The van der Waals surface area contributed by atoms with Gasteiger partial charge in [0.2, 0.25) is 0 Å². The molecule has 0 radical (unpaired) electrons. The van der Waals surface area contributed by atoms with E-state index in [4.69, 9.17) is 4.74 Å². The summed E-state index contributed by atoms with van der Waals surface area (Å²) < 4.78 is 5.78. The second kappa shape index (κ2) is 6.60. The van der Waals surface area contributed by atoms with Crippen LogP contribution in [0.4, 0.5) is 5.69 Å². The SMILES string of the molecule is CN1C(=O)COc2cc(C3=c4ccccc4=c4ccc5c(c4C3)CCCC=5)ccc21. The highest BCUT2D eigenvalue weighted by molar-refractivity contribution is 5.97. The maximum atomic E-state index is 12.0. The van der Waals surface area contributed by atoms with Crippen LogP contribution in [0.1, 0.15) is 29.5 Å². The molecule has 30 heavy (non-hydrogen) atoms. The zero-order chi connectivity index (χ0) is 20.2. The predicted molar refractivity (Wildman–Crippen MR) is 119 cm³/mol. The Labute approximate surface area is 175 Å². The maximum Gasteiger partial charge on any atom is 0.264 e. The van der Waals surface area contributed by atoms with Crippen LogP contribution in [0.15, 0.2) is 54.6 Å². The van der Waals surface area contributed by atoms with E-state index < -0.39 is 0 Å². The van der Waals surface area contributed by atoms with Gasteiger partial charge >= 0.3 is 0 Å². The van der Waals surface area contributed by atoms with Gasteiger partial charge in [-0.2, -0.15) is 0 Å². The molecule has 0 saturated carbocycles. The van der Waals surface area contributed by atoms with Crippen LogP contribution < -0.4 is 20.1 Å². The van der Waals surface area contributed by atoms with Crippen molar-refractivity contribution in [2.45, 2.75) is 25.7 Å². The zero-order valence-corrected chi connectivity index (χ0v) is 17.1. The number of likely N-dealkylation sites (N-methyl/N-ethyl adjacent to an activating group) is 1. The lowest BCUT2D eigenvalue weighted by Gasteiger charge is -2.27. The molecule has 3 nitrogen and oxygen atoms in total. The van der Waals surface area contributed by atoms with Crippen LogP contribution in [0, 0.1) is 10.4 Å². The van der Waals surface area contributed by atoms with E-state index >= 15 is 0 Å². The summed E-state index contributed by atoms with van der Waals surface area (Å²) in [5, 5.41) is 5.40. The van der Waals surface area contributed by atoms with Gasteiger partial charge in [0.05, 0.1) is 5.69 Å². The summed E-state index contributed by atoms with van der Waals surface area (Å²) in [5.41, 5.74) is 6.34. The number of amides is 1. The fourth-order valence-electron chi connectivity index (χ4n) is 5.16. The zero-order valence-electron chi connectivity index (χ0n) is 17.1. The summed E-state index contributed by atoms with van der Waals surface area (Å²) >= 11 is 0. The van der Waals surface area contributed by atoms with Crippen LogP contribution >= 0.6 is 0 Å². The summed E-state index contributed by atoms with van der Waals surface area (Å²) in [4.78, 5) is 13.7. The number of nitrogens with zero attached hydrogens (tertiary/aromatic N) is 1. The molecule has 0 aromatic heterocycles. The topological polar surface area (TPSA) is 29.5 Å². The number of fused-ring (bicyclic) bond motifs is 5. The van der Waals surface area contributed by atoms with Crippen molar-refractivity contribution < 1.29 is 9.53 Å². The van der Waals surface area contributed by atoms with Crippen molar-refractivity contribution in [1.82, 2.24) is 0 Å². The van der Waals surface area contributed by atoms with Crippen molar-refractivity contribution in [2.24, 2.45) is 0 Å². The lowest BCUT2D eigenvalue weighted by molar-refractivity contribution is -0.120. The molecule has 3 aromatic rings. The number of benzene rings is 3. The molecule has 0 N–H and O–H groups in total. The van der Waals surface area contributed by atoms with Crippen molar-refractivity contribution in [2.75, 3.05) is 18.6 Å². The highest BCUT2D eigenvalue weighted by Gasteiger charge is 2.24. The third-order valence-electron chi connectivity index (χ3n) is 6.75. The Morgan fingerprint density at radius 2 is 1.80 bits per heavy atom. The van der Waals surface area contributed by atoms with E-state index in [9.17, 15) is 4.79 Å². The Hall–Kier alpha value is -3.33. The number of rotatable bonds is 1. The molecular formula is C27H23NO2. The molecule has 1 aliphatic heterocycles. The predicted octanol–water partition coefficient (Wildman–Crippen LogP) is 3.20. The van der Waals surface area contributed by atoms with Crippen LogP contribution in [0.3, 0.4) is 0 Å². The Kier molecular flexibility index (Phi) is 3.85. The van der Waals surface area contributed by atoms with Gasteiger partial charge in [0.1, 0.15) is 5.75 Å². The number of hydrogen-bond donors (Lipinski definition) is 0. The molecule has 3 heteroatoms. The standard InChI is InChI=1S/C27H23NO2/c1-28-25-13-11-18(14-26(25)30-16-27(28)29)23-15-24-19-7-3-2-6-17(19)10-12-22(24)20-8-4-5-9-21(20)23/h4-6,8-14H,2-3,7,15-16H2,1H3. The number of carbonyl (C=O) groups is 1. The quantitative estimate of drug-likeness (QED) is 0.636. The molecule has 148 valence electrons. The fourth-order valence-corrected chi connectivity index (χ4v) is 5.16. The Balaban J connectivity index is 1.63. The second-order valence-corrected chi connectivity index (χ2v) is 8.38. The number of anilines is 1. The highest BCUT2D eigenvalue weighted by Crippen LogP contribution is 2.35. The first-order valence-electron chi connectivity index (χ1n) is 10.7. The van der Waals surface area contributed by atoms with E-state index in [2.05, 4.69) is 54.6 Å². The van der Waals surface area contributed by atoms with Crippen molar-refractivity contribution in [3.8, 4) is 5.75 Å². The minimum atomic E-state index is -0.0114. The average molecular weight is 393 g/mol. The number of ether oxygens (including phenoxy) is 1. The molecule has 2 aliphatic carbocycles. The second-order valence-electron chi connectivity index (χ2n) is 8.38. The smallest absolute Gasteiger partial charge is 0.264 e. The van der Waals surface area contributed by atoms with Crippen molar-refractivity contribution in [3.05, 3.63) is 92.2 Å². The summed E-state index contributed by atoms with van der Waals surface area (Å²) in [7, 11) is 1.81. The molecular weight excluding hydrogens is 370 g/mol. The highest BCUT2D eigenvalue weighted by atomic mass is 16.5. The Morgan fingerprint density at radius 1 is 0.933 bits per heavy atom. The first-order valence-corrected chi connectivity index (χ1v) is 10.7. The van der Waals surface area contributed by atoms with Crippen LogP contribution in [-0.4, -0.2) is 19.6 Å². The third kappa shape index (κ3) is 2.55. The summed E-state index contributed by atoms with van der Waals surface area (Å²) in [6.07, 6.45) is 6.88. The normalized spacial score (nSPS) is 16.6. The molecule has 0 fully saturated rings. The van der Waals surface area contributed by atoms with Gasteiger partial charge in [-0.3, -0.25) is 4.79 Å². The van der Waals surface area contributed by atoms with Gasteiger partial charge in [-0.15, -0.1) is 0 Å². The van der Waals surface area contributed by atoms with Gasteiger partial charge in [-0.05, 0) is 81.0 Å². The van der Waals surface area contributed by atoms with Gasteiger partial charge < -0.3 is 9.64 Å². The van der Waals surface area contributed by atoms with E-state index in [1.807, 2.05) is 13.1 Å². The van der Waals surface area contributed by atoms with E-state index in [0.717, 1.165) is 24.3 Å².